The number of hydrogen-bond acceptors (Lipinski definition) is 3. The second-order valence-electron chi connectivity index (χ2n) is 5.54. The Morgan fingerprint density at radius 1 is 1.39 bits per heavy atom. The molecule has 1 amide bonds. The van der Waals surface area contributed by atoms with Crippen molar-refractivity contribution >= 4 is 17.2 Å². The molecule has 1 atom stereocenters. The molecule has 18 heavy (non-hydrogen) atoms. The Labute approximate surface area is 112 Å². The van der Waals surface area contributed by atoms with Gasteiger partial charge in [0, 0.05) is 11.4 Å². The monoisotopic (exact) mass is 264 g/mol. The Kier molecular flexibility index (Phi) is 3.16. The van der Waals surface area contributed by atoms with E-state index in [-0.39, 0.29) is 11.9 Å². The average molecular weight is 264 g/mol. The first-order valence-electron chi connectivity index (χ1n) is 6.84. The summed E-state index contributed by atoms with van der Waals surface area (Å²) < 4.78 is 0. The lowest BCUT2D eigenvalue weighted by Gasteiger charge is -2.32. The van der Waals surface area contributed by atoms with Gasteiger partial charge < -0.3 is 10.6 Å². The highest BCUT2D eigenvalue weighted by molar-refractivity contribution is 7.10. The molecule has 1 aromatic heterocycles. The fourth-order valence-corrected chi connectivity index (χ4v) is 4.17. The van der Waals surface area contributed by atoms with E-state index in [0.717, 1.165) is 45.1 Å². The van der Waals surface area contributed by atoms with E-state index in [1.54, 1.807) is 11.3 Å². The van der Waals surface area contributed by atoms with Crippen molar-refractivity contribution in [1.82, 2.24) is 4.90 Å². The van der Waals surface area contributed by atoms with E-state index in [1.807, 2.05) is 4.90 Å². The molecule has 1 aromatic rings. The minimum atomic E-state index is -0.570. The first kappa shape index (κ1) is 12.2. The Balaban J connectivity index is 1.80. The predicted octanol–water partition coefficient (Wildman–Crippen LogP) is 2.68. The lowest BCUT2D eigenvalue weighted by molar-refractivity contribution is -0.137. The van der Waals surface area contributed by atoms with Crippen molar-refractivity contribution in [1.29, 1.82) is 0 Å². The molecule has 0 aromatic carbocycles. The van der Waals surface area contributed by atoms with Crippen LogP contribution < -0.4 is 5.73 Å². The number of carbonyl (C=O) groups is 1. The van der Waals surface area contributed by atoms with Crippen molar-refractivity contribution in [3.63, 3.8) is 0 Å². The van der Waals surface area contributed by atoms with Gasteiger partial charge in [0.15, 0.2) is 0 Å². The van der Waals surface area contributed by atoms with Crippen molar-refractivity contribution in [2.75, 3.05) is 6.54 Å². The van der Waals surface area contributed by atoms with Crippen LogP contribution >= 0.6 is 11.3 Å². The van der Waals surface area contributed by atoms with E-state index in [4.69, 9.17) is 5.73 Å². The number of rotatable bonds is 2. The molecular formula is C14H20N2OS. The summed E-state index contributed by atoms with van der Waals surface area (Å²) in [5.41, 5.74) is 5.74. The molecule has 0 bridgehead atoms. The van der Waals surface area contributed by atoms with Crippen LogP contribution in [0.4, 0.5) is 0 Å². The van der Waals surface area contributed by atoms with Crippen LogP contribution in [0.3, 0.4) is 0 Å². The zero-order valence-electron chi connectivity index (χ0n) is 10.6. The maximum Gasteiger partial charge on any atom is 0.243 e. The molecule has 3 rings (SSSR count). The van der Waals surface area contributed by atoms with Gasteiger partial charge in [-0.3, -0.25) is 4.79 Å². The third kappa shape index (κ3) is 1.97. The summed E-state index contributed by atoms with van der Waals surface area (Å²) in [5.74, 6) is 0.191. The first-order valence-corrected chi connectivity index (χ1v) is 7.72. The minimum absolute atomic E-state index is 0.191. The standard InChI is InChI=1S/C14H20N2OS/c15-14(7-1-2-8-14)13(17)16-9-3-5-11(16)12-6-4-10-18-12/h4,6,10-11H,1-3,5,7-9,15H2. The number of amides is 1. The summed E-state index contributed by atoms with van der Waals surface area (Å²) in [6, 6.07) is 4.48. The first-order chi connectivity index (χ1) is 8.71. The Morgan fingerprint density at radius 2 is 2.17 bits per heavy atom. The topological polar surface area (TPSA) is 46.3 Å². The summed E-state index contributed by atoms with van der Waals surface area (Å²) >= 11 is 1.75. The van der Waals surface area contributed by atoms with Crippen molar-refractivity contribution in [2.45, 2.75) is 50.1 Å². The van der Waals surface area contributed by atoms with Gasteiger partial charge in [-0.2, -0.15) is 0 Å². The predicted molar refractivity (Wildman–Crippen MR) is 73.4 cm³/mol. The maximum absolute atomic E-state index is 12.7. The zero-order valence-corrected chi connectivity index (χ0v) is 11.4. The normalized spacial score (nSPS) is 26.7. The van der Waals surface area contributed by atoms with Gasteiger partial charge >= 0.3 is 0 Å². The van der Waals surface area contributed by atoms with Gasteiger partial charge in [-0.25, -0.2) is 0 Å². The smallest absolute Gasteiger partial charge is 0.243 e. The van der Waals surface area contributed by atoms with Crippen molar-refractivity contribution in [2.24, 2.45) is 5.73 Å². The van der Waals surface area contributed by atoms with Crippen molar-refractivity contribution < 1.29 is 4.79 Å². The summed E-state index contributed by atoms with van der Waals surface area (Å²) in [4.78, 5) is 16.0. The fraction of sp³-hybridized carbons (Fsp3) is 0.643. The number of hydrogen-bond donors (Lipinski definition) is 1. The van der Waals surface area contributed by atoms with Gasteiger partial charge in [0.1, 0.15) is 0 Å². The van der Waals surface area contributed by atoms with Crippen LogP contribution in [0.15, 0.2) is 17.5 Å². The number of nitrogens with zero attached hydrogens (tertiary/aromatic N) is 1. The number of thiophene rings is 1. The molecular weight excluding hydrogens is 244 g/mol. The van der Waals surface area contributed by atoms with Gasteiger partial charge in [-0.1, -0.05) is 18.9 Å². The molecule has 0 spiro atoms. The lowest BCUT2D eigenvalue weighted by atomic mass is 9.96. The number of carbonyl (C=O) groups excluding carboxylic acids is 1. The Bertz CT molecular complexity index is 423. The number of likely N-dealkylation sites (tertiary alicyclic amines) is 1. The quantitative estimate of drug-likeness (QED) is 0.892. The summed E-state index contributed by atoms with van der Waals surface area (Å²) in [6.07, 6.45) is 6.10. The van der Waals surface area contributed by atoms with Gasteiger partial charge in [0.25, 0.3) is 0 Å². The summed E-state index contributed by atoms with van der Waals surface area (Å²) in [7, 11) is 0. The van der Waals surface area contributed by atoms with Crippen LogP contribution in [0, 0.1) is 0 Å². The van der Waals surface area contributed by atoms with Gasteiger partial charge in [-0.15, -0.1) is 11.3 Å². The lowest BCUT2D eigenvalue weighted by Crippen LogP contribution is -2.53. The van der Waals surface area contributed by atoms with Gasteiger partial charge in [0.2, 0.25) is 5.91 Å². The van der Waals surface area contributed by atoms with Crippen LogP contribution in [0.1, 0.15) is 49.4 Å². The molecule has 2 aliphatic rings. The summed E-state index contributed by atoms with van der Waals surface area (Å²) in [5, 5.41) is 2.09. The third-order valence-corrected chi connectivity index (χ3v) is 5.28. The molecule has 1 unspecified atom stereocenters. The van der Waals surface area contributed by atoms with E-state index < -0.39 is 5.54 Å². The molecule has 0 radical (unpaired) electrons. The van der Waals surface area contributed by atoms with E-state index in [2.05, 4.69) is 17.5 Å². The zero-order chi connectivity index (χ0) is 12.6. The SMILES string of the molecule is NC1(C(=O)N2CCCC2c2cccs2)CCCC1. The largest absolute Gasteiger partial charge is 0.333 e. The van der Waals surface area contributed by atoms with E-state index in [0.29, 0.717) is 0 Å². The van der Waals surface area contributed by atoms with Gasteiger partial charge in [0.05, 0.1) is 11.6 Å². The fourth-order valence-electron chi connectivity index (χ4n) is 3.29. The molecule has 98 valence electrons. The molecule has 2 N–H and O–H groups in total. The van der Waals surface area contributed by atoms with Crippen molar-refractivity contribution in [3.05, 3.63) is 22.4 Å². The Morgan fingerprint density at radius 3 is 2.83 bits per heavy atom. The molecule has 3 nitrogen and oxygen atoms in total. The van der Waals surface area contributed by atoms with Crippen LogP contribution in [0.25, 0.3) is 0 Å². The van der Waals surface area contributed by atoms with Crippen molar-refractivity contribution in [3.8, 4) is 0 Å². The highest BCUT2D eigenvalue weighted by Crippen LogP contribution is 2.38. The minimum Gasteiger partial charge on any atom is -0.333 e. The molecule has 2 heterocycles. The molecule has 1 aliphatic heterocycles. The second-order valence-corrected chi connectivity index (χ2v) is 6.51. The molecule has 1 aliphatic carbocycles. The van der Waals surface area contributed by atoms with E-state index in [9.17, 15) is 4.79 Å². The highest BCUT2D eigenvalue weighted by atomic mass is 32.1. The van der Waals surface area contributed by atoms with Crippen LogP contribution in [-0.2, 0) is 4.79 Å². The second kappa shape index (κ2) is 4.67. The Hall–Kier alpha value is -0.870. The average Bonchev–Trinajstić information content (AvgIpc) is 3.09. The van der Waals surface area contributed by atoms with Crippen LogP contribution in [0.2, 0.25) is 0 Å². The van der Waals surface area contributed by atoms with Crippen LogP contribution in [-0.4, -0.2) is 22.9 Å². The molecule has 1 saturated heterocycles. The van der Waals surface area contributed by atoms with E-state index in [1.165, 1.54) is 4.88 Å². The van der Waals surface area contributed by atoms with E-state index >= 15 is 0 Å². The molecule has 1 saturated carbocycles. The number of nitrogens with two attached hydrogens (primary N) is 1. The van der Waals surface area contributed by atoms with Gasteiger partial charge in [-0.05, 0) is 37.1 Å². The molecule has 4 heteroatoms. The van der Waals surface area contributed by atoms with Crippen LogP contribution in [0.5, 0.6) is 0 Å². The highest BCUT2D eigenvalue weighted by Gasteiger charge is 2.43. The maximum atomic E-state index is 12.7. The molecule has 2 fully saturated rings. The third-order valence-electron chi connectivity index (χ3n) is 4.31. The summed E-state index contributed by atoms with van der Waals surface area (Å²) in [6.45, 7) is 0.875.